The molecule has 0 bridgehead atoms. The van der Waals surface area contributed by atoms with Gasteiger partial charge in [-0.15, -0.1) is 0 Å². The highest BCUT2D eigenvalue weighted by Crippen LogP contribution is 2.12. The molecule has 1 aromatic heterocycles. The van der Waals surface area contributed by atoms with Crippen LogP contribution in [0.3, 0.4) is 0 Å². The number of rotatable bonds is 5. The Bertz CT molecular complexity index is 764. The summed E-state index contributed by atoms with van der Waals surface area (Å²) < 4.78 is 5.54. The number of benzene rings is 1. The minimum Gasteiger partial charge on any atom is -0.491 e. The molecule has 0 aliphatic carbocycles. The van der Waals surface area contributed by atoms with E-state index in [0.717, 1.165) is 11.3 Å². The molecule has 0 spiro atoms. The van der Waals surface area contributed by atoms with E-state index in [9.17, 15) is 9.59 Å². The molecule has 0 unspecified atom stereocenters. The third kappa shape index (κ3) is 5.06. The Morgan fingerprint density at radius 3 is 2.65 bits per heavy atom. The van der Waals surface area contributed by atoms with Crippen molar-refractivity contribution in [2.75, 3.05) is 0 Å². The van der Waals surface area contributed by atoms with E-state index >= 15 is 0 Å². The Balaban J connectivity index is 1.98. The van der Waals surface area contributed by atoms with Crippen molar-refractivity contribution in [3.8, 4) is 5.75 Å². The molecule has 0 atom stereocenters. The summed E-state index contributed by atoms with van der Waals surface area (Å²) in [5.41, 5.74) is 3.14. The maximum Gasteiger partial charge on any atom is 0.345 e. The van der Waals surface area contributed by atoms with E-state index in [0.29, 0.717) is 5.69 Å². The number of hydrazone groups is 1. The number of nitrogens with zero attached hydrogens (tertiary/aromatic N) is 2. The van der Waals surface area contributed by atoms with Gasteiger partial charge in [0.2, 0.25) is 0 Å². The molecule has 7 nitrogen and oxygen atoms in total. The summed E-state index contributed by atoms with van der Waals surface area (Å²) in [4.78, 5) is 29.1. The van der Waals surface area contributed by atoms with Gasteiger partial charge in [-0.1, -0.05) is 0 Å². The number of aromatic nitrogens is 2. The summed E-state index contributed by atoms with van der Waals surface area (Å²) >= 11 is 0. The quantitative estimate of drug-likeness (QED) is 0.647. The fourth-order valence-electron chi connectivity index (χ4n) is 1.82. The fraction of sp³-hybridized carbons (Fsp3) is 0.250. The lowest BCUT2D eigenvalue weighted by molar-refractivity contribution is 0.0949. The van der Waals surface area contributed by atoms with Gasteiger partial charge in [-0.05, 0) is 56.7 Å². The summed E-state index contributed by atoms with van der Waals surface area (Å²) in [6.45, 7) is 5.58. The lowest BCUT2D eigenvalue weighted by atomic mass is 10.2. The summed E-state index contributed by atoms with van der Waals surface area (Å²) in [5, 5.41) is 3.85. The number of hydrogen-bond acceptors (Lipinski definition) is 5. The van der Waals surface area contributed by atoms with Gasteiger partial charge in [-0.3, -0.25) is 4.79 Å². The van der Waals surface area contributed by atoms with Crippen LogP contribution in [0.15, 0.2) is 40.2 Å². The molecule has 0 aliphatic heterocycles. The van der Waals surface area contributed by atoms with Crippen molar-refractivity contribution in [2.24, 2.45) is 5.10 Å². The highest BCUT2D eigenvalue weighted by atomic mass is 16.5. The first-order valence-electron chi connectivity index (χ1n) is 7.12. The SMILES string of the molecule is Cc1cc(C(=O)N/N=C/c2ccc(OC(C)C)cc2)nc(=O)[nH]1. The van der Waals surface area contributed by atoms with E-state index in [-0.39, 0.29) is 11.8 Å². The number of ether oxygens (including phenoxy) is 1. The molecule has 1 aromatic carbocycles. The molecule has 23 heavy (non-hydrogen) atoms. The summed E-state index contributed by atoms with van der Waals surface area (Å²) in [5.74, 6) is 0.222. The van der Waals surface area contributed by atoms with Gasteiger partial charge in [0.1, 0.15) is 11.4 Å². The first-order valence-corrected chi connectivity index (χ1v) is 7.12. The van der Waals surface area contributed by atoms with E-state index in [1.165, 1.54) is 12.3 Å². The van der Waals surface area contributed by atoms with Gasteiger partial charge in [-0.2, -0.15) is 10.1 Å². The van der Waals surface area contributed by atoms with Crippen molar-refractivity contribution in [1.29, 1.82) is 0 Å². The molecule has 2 N–H and O–H groups in total. The average molecular weight is 314 g/mol. The third-order valence-corrected chi connectivity index (χ3v) is 2.74. The maximum atomic E-state index is 11.9. The second-order valence-electron chi connectivity index (χ2n) is 5.19. The van der Waals surface area contributed by atoms with E-state index in [1.54, 1.807) is 6.92 Å². The van der Waals surface area contributed by atoms with Gasteiger partial charge in [0, 0.05) is 5.69 Å². The van der Waals surface area contributed by atoms with E-state index in [2.05, 4.69) is 20.5 Å². The molecule has 0 aliphatic rings. The predicted octanol–water partition coefficient (Wildman–Crippen LogP) is 1.63. The van der Waals surface area contributed by atoms with Crippen LogP contribution < -0.4 is 15.9 Å². The van der Waals surface area contributed by atoms with Gasteiger partial charge in [0.05, 0.1) is 12.3 Å². The highest BCUT2D eigenvalue weighted by molar-refractivity contribution is 5.93. The van der Waals surface area contributed by atoms with Crippen molar-refractivity contribution < 1.29 is 9.53 Å². The number of H-pyrrole nitrogens is 1. The molecule has 1 amide bonds. The Kier molecular flexibility index (Phi) is 5.24. The Labute approximate surface area is 133 Å². The predicted molar refractivity (Wildman–Crippen MR) is 86.9 cm³/mol. The van der Waals surface area contributed by atoms with Gasteiger partial charge in [0.15, 0.2) is 0 Å². The van der Waals surface area contributed by atoms with E-state index in [1.807, 2.05) is 38.1 Å². The van der Waals surface area contributed by atoms with Crippen LogP contribution in [0.2, 0.25) is 0 Å². The molecule has 0 saturated heterocycles. The molecular weight excluding hydrogens is 296 g/mol. The Morgan fingerprint density at radius 1 is 1.35 bits per heavy atom. The van der Waals surface area contributed by atoms with Crippen molar-refractivity contribution in [1.82, 2.24) is 15.4 Å². The number of aryl methyl sites for hydroxylation is 1. The monoisotopic (exact) mass is 314 g/mol. The zero-order valence-electron chi connectivity index (χ0n) is 13.2. The van der Waals surface area contributed by atoms with Crippen LogP contribution >= 0.6 is 0 Å². The zero-order chi connectivity index (χ0) is 16.8. The molecule has 2 rings (SSSR count). The van der Waals surface area contributed by atoms with Gasteiger partial charge >= 0.3 is 5.69 Å². The standard InChI is InChI=1S/C16H18N4O3/c1-10(2)23-13-6-4-12(5-7-13)9-17-20-15(21)14-8-11(3)18-16(22)19-14/h4-10H,1-3H3,(H,20,21)(H,18,19,22)/b17-9+. The average Bonchev–Trinajstić information content (AvgIpc) is 2.47. The van der Waals surface area contributed by atoms with Crippen LogP contribution in [0.25, 0.3) is 0 Å². The number of hydrogen-bond donors (Lipinski definition) is 2. The number of carbonyl (C=O) groups is 1. The molecule has 120 valence electrons. The van der Waals surface area contributed by atoms with Crippen molar-refractivity contribution in [2.45, 2.75) is 26.9 Å². The van der Waals surface area contributed by atoms with Gasteiger partial charge in [-0.25, -0.2) is 10.2 Å². The number of amides is 1. The lowest BCUT2D eigenvalue weighted by Gasteiger charge is -2.09. The highest BCUT2D eigenvalue weighted by Gasteiger charge is 2.07. The fourth-order valence-corrected chi connectivity index (χ4v) is 1.82. The smallest absolute Gasteiger partial charge is 0.345 e. The maximum absolute atomic E-state index is 11.9. The van der Waals surface area contributed by atoms with Gasteiger partial charge < -0.3 is 9.72 Å². The second-order valence-corrected chi connectivity index (χ2v) is 5.19. The van der Waals surface area contributed by atoms with Crippen molar-refractivity contribution in [3.63, 3.8) is 0 Å². The van der Waals surface area contributed by atoms with Crippen LogP contribution in [-0.2, 0) is 0 Å². The summed E-state index contributed by atoms with van der Waals surface area (Å²) in [6.07, 6.45) is 1.61. The van der Waals surface area contributed by atoms with E-state index in [4.69, 9.17) is 4.74 Å². The molecule has 0 fully saturated rings. The summed E-state index contributed by atoms with van der Waals surface area (Å²) in [6, 6.07) is 8.77. The van der Waals surface area contributed by atoms with Crippen molar-refractivity contribution in [3.05, 3.63) is 57.8 Å². The topological polar surface area (TPSA) is 96.4 Å². The van der Waals surface area contributed by atoms with Crippen LogP contribution in [0.1, 0.15) is 35.6 Å². The second kappa shape index (κ2) is 7.35. The van der Waals surface area contributed by atoms with Crippen LogP contribution in [0.4, 0.5) is 0 Å². The molecule has 0 saturated carbocycles. The number of carbonyl (C=O) groups excluding carboxylic acids is 1. The van der Waals surface area contributed by atoms with E-state index < -0.39 is 11.6 Å². The number of nitrogens with one attached hydrogen (secondary N) is 2. The lowest BCUT2D eigenvalue weighted by Crippen LogP contribution is -2.24. The third-order valence-electron chi connectivity index (χ3n) is 2.74. The molecule has 7 heteroatoms. The minimum absolute atomic E-state index is 0.0177. The van der Waals surface area contributed by atoms with Crippen molar-refractivity contribution >= 4 is 12.1 Å². The van der Waals surface area contributed by atoms with Crippen LogP contribution in [-0.4, -0.2) is 28.2 Å². The summed E-state index contributed by atoms with van der Waals surface area (Å²) in [7, 11) is 0. The first-order chi connectivity index (χ1) is 10.9. The molecule has 2 aromatic rings. The van der Waals surface area contributed by atoms with Crippen LogP contribution in [0.5, 0.6) is 5.75 Å². The molecule has 0 radical (unpaired) electrons. The Morgan fingerprint density at radius 2 is 2.04 bits per heavy atom. The molecular formula is C16H18N4O3. The first kappa shape index (κ1) is 16.4. The zero-order valence-corrected chi connectivity index (χ0v) is 13.2. The number of aromatic amines is 1. The van der Waals surface area contributed by atoms with Gasteiger partial charge in [0.25, 0.3) is 5.91 Å². The largest absolute Gasteiger partial charge is 0.491 e. The normalized spacial score (nSPS) is 11.0. The molecule has 1 heterocycles. The minimum atomic E-state index is -0.570. The van der Waals surface area contributed by atoms with Crippen LogP contribution in [0, 0.1) is 6.92 Å². The Hall–Kier alpha value is -2.96.